The second-order valence-electron chi connectivity index (χ2n) is 4.33. The van der Waals surface area contributed by atoms with Crippen LogP contribution in [0.1, 0.15) is 26.7 Å². The molecular formula is C12H17BrN4O. The molecule has 0 unspecified atom stereocenters. The summed E-state index contributed by atoms with van der Waals surface area (Å²) in [6, 6.07) is 3.82. The Morgan fingerprint density at radius 3 is 2.72 bits per heavy atom. The van der Waals surface area contributed by atoms with Gasteiger partial charge in [-0.05, 0) is 40.9 Å². The Kier molecular flexibility index (Phi) is 3.87. The van der Waals surface area contributed by atoms with Crippen LogP contribution in [0.2, 0.25) is 0 Å². The molecule has 18 heavy (non-hydrogen) atoms. The van der Waals surface area contributed by atoms with Crippen molar-refractivity contribution < 1.29 is 5.11 Å². The van der Waals surface area contributed by atoms with E-state index in [4.69, 9.17) is 0 Å². The van der Waals surface area contributed by atoms with Crippen LogP contribution in [0.4, 0.5) is 5.95 Å². The number of nitrogens with one attached hydrogen (secondary N) is 1. The van der Waals surface area contributed by atoms with Crippen LogP contribution in [0, 0.1) is 0 Å². The van der Waals surface area contributed by atoms with E-state index < -0.39 is 0 Å². The van der Waals surface area contributed by atoms with Crippen molar-refractivity contribution in [3.63, 3.8) is 0 Å². The van der Waals surface area contributed by atoms with Gasteiger partial charge in [0.2, 0.25) is 5.95 Å². The van der Waals surface area contributed by atoms with Gasteiger partial charge in [0.1, 0.15) is 0 Å². The van der Waals surface area contributed by atoms with Gasteiger partial charge in [-0.2, -0.15) is 4.98 Å². The number of hydrogen-bond acceptors (Lipinski definition) is 4. The summed E-state index contributed by atoms with van der Waals surface area (Å²) in [6.45, 7) is 4.15. The van der Waals surface area contributed by atoms with Crippen molar-refractivity contribution in [2.75, 3.05) is 11.9 Å². The van der Waals surface area contributed by atoms with E-state index in [2.05, 4.69) is 31.3 Å². The molecule has 0 radical (unpaired) electrons. The molecule has 2 aromatic heterocycles. The highest BCUT2D eigenvalue weighted by atomic mass is 79.9. The Bertz CT molecular complexity index is 528. The fraction of sp³-hybridized carbons (Fsp3) is 0.500. The van der Waals surface area contributed by atoms with Crippen molar-refractivity contribution in [2.45, 2.75) is 32.2 Å². The van der Waals surface area contributed by atoms with Crippen LogP contribution >= 0.6 is 15.9 Å². The highest BCUT2D eigenvalue weighted by Crippen LogP contribution is 2.22. The Morgan fingerprint density at radius 1 is 1.44 bits per heavy atom. The Hall–Kier alpha value is -1.14. The Balaban J connectivity index is 2.34. The van der Waals surface area contributed by atoms with Crippen molar-refractivity contribution in [3.8, 4) is 0 Å². The number of aliphatic hydroxyl groups excluding tert-OH is 1. The van der Waals surface area contributed by atoms with Crippen LogP contribution in [-0.2, 0) is 0 Å². The molecule has 2 aromatic rings. The SMILES string of the molecule is CCC(CC)(CO)Nc1nc2c(Br)cccn2n1. The first kappa shape index (κ1) is 13.3. The fourth-order valence-electron chi connectivity index (χ4n) is 1.85. The van der Waals surface area contributed by atoms with Gasteiger partial charge in [0, 0.05) is 6.20 Å². The Morgan fingerprint density at radius 2 is 2.17 bits per heavy atom. The largest absolute Gasteiger partial charge is 0.394 e. The van der Waals surface area contributed by atoms with Gasteiger partial charge < -0.3 is 10.4 Å². The molecule has 2 heterocycles. The lowest BCUT2D eigenvalue weighted by Crippen LogP contribution is -2.41. The summed E-state index contributed by atoms with van der Waals surface area (Å²) < 4.78 is 2.60. The molecule has 0 aliphatic carbocycles. The molecule has 0 amide bonds. The van der Waals surface area contributed by atoms with Crippen LogP contribution in [0.5, 0.6) is 0 Å². The summed E-state index contributed by atoms with van der Waals surface area (Å²) in [4.78, 5) is 4.42. The molecular weight excluding hydrogens is 296 g/mol. The second kappa shape index (κ2) is 5.24. The minimum Gasteiger partial charge on any atom is -0.394 e. The summed E-state index contributed by atoms with van der Waals surface area (Å²) in [5.41, 5.74) is 0.413. The molecule has 0 saturated heterocycles. The summed E-state index contributed by atoms with van der Waals surface area (Å²) in [5.74, 6) is 0.541. The zero-order valence-corrected chi connectivity index (χ0v) is 12.1. The molecule has 0 atom stereocenters. The van der Waals surface area contributed by atoms with Crippen molar-refractivity contribution in [2.24, 2.45) is 0 Å². The third kappa shape index (κ3) is 2.35. The maximum absolute atomic E-state index is 9.53. The van der Waals surface area contributed by atoms with Gasteiger partial charge in [0.05, 0.1) is 16.6 Å². The summed E-state index contributed by atoms with van der Waals surface area (Å²) >= 11 is 3.44. The van der Waals surface area contributed by atoms with E-state index in [1.165, 1.54) is 0 Å². The van der Waals surface area contributed by atoms with E-state index >= 15 is 0 Å². The Labute approximate surface area is 114 Å². The summed E-state index contributed by atoms with van der Waals surface area (Å²) in [6.07, 6.45) is 3.48. The number of fused-ring (bicyclic) bond motifs is 1. The molecule has 0 aliphatic heterocycles. The molecule has 0 aromatic carbocycles. The number of halogens is 1. The highest BCUT2D eigenvalue weighted by molar-refractivity contribution is 9.10. The first-order chi connectivity index (χ1) is 8.64. The molecule has 0 spiro atoms. The monoisotopic (exact) mass is 312 g/mol. The van der Waals surface area contributed by atoms with Crippen molar-refractivity contribution in [3.05, 3.63) is 22.8 Å². The summed E-state index contributed by atoms with van der Waals surface area (Å²) in [7, 11) is 0. The van der Waals surface area contributed by atoms with Gasteiger partial charge in [-0.15, -0.1) is 5.10 Å². The van der Waals surface area contributed by atoms with E-state index in [-0.39, 0.29) is 12.1 Å². The first-order valence-corrected chi connectivity index (χ1v) is 6.83. The van der Waals surface area contributed by atoms with E-state index in [0.717, 1.165) is 23.0 Å². The molecule has 0 fully saturated rings. The number of pyridine rings is 1. The molecule has 0 bridgehead atoms. The van der Waals surface area contributed by atoms with Gasteiger partial charge in [-0.1, -0.05) is 13.8 Å². The minimum absolute atomic E-state index is 0.0662. The van der Waals surface area contributed by atoms with E-state index in [1.54, 1.807) is 4.52 Å². The lowest BCUT2D eigenvalue weighted by molar-refractivity contribution is 0.201. The van der Waals surface area contributed by atoms with Gasteiger partial charge in [-0.3, -0.25) is 0 Å². The zero-order valence-electron chi connectivity index (χ0n) is 10.5. The van der Waals surface area contributed by atoms with Crippen LogP contribution < -0.4 is 5.32 Å². The van der Waals surface area contributed by atoms with Crippen molar-refractivity contribution in [1.29, 1.82) is 0 Å². The average Bonchev–Trinajstić information content (AvgIpc) is 2.80. The third-order valence-corrected chi connectivity index (χ3v) is 3.97. The first-order valence-electron chi connectivity index (χ1n) is 6.04. The van der Waals surface area contributed by atoms with Gasteiger partial charge in [0.25, 0.3) is 0 Å². The molecule has 0 saturated carbocycles. The number of rotatable bonds is 5. The normalized spacial score (nSPS) is 12.0. The molecule has 2 rings (SSSR count). The van der Waals surface area contributed by atoms with E-state index in [1.807, 2.05) is 32.2 Å². The maximum atomic E-state index is 9.53. The van der Waals surface area contributed by atoms with Crippen molar-refractivity contribution >= 4 is 27.5 Å². The predicted octanol–water partition coefficient (Wildman–Crippen LogP) is 2.45. The number of hydrogen-bond donors (Lipinski definition) is 2. The standard InChI is InChI=1S/C12H17BrN4O/c1-3-12(4-2,8-18)15-11-14-10-9(13)6-5-7-17(10)16-11/h5-7,18H,3-4,8H2,1-2H3,(H,15,16). The number of anilines is 1. The highest BCUT2D eigenvalue weighted by Gasteiger charge is 2.26. The van der Waals surface area contributed by atoms with Crippen molar-refractivity contribution in [1.82, 2.24) is 14.6 Å². The van der Waals surface area contributed by atoms with Gasteiger partial charge >= 0.3 is 0 Å². The fourth-order valence-corrected chi connectivity index (χ4v) is 2.28. The lowest BCUT2D eigenvalue weighted by atomic mass is 9.94. The second-order valence-corrected chi connectivity index (χ2v) is 5.18. The minimum atomic E-state index is -0.350. The zero-order chi connectivity index (χ0) is 13.2. The van der Waals surface area contributed by atoms with Crippen LogP contribution in [0.15, 0.2) is 22.8 Å². The third-order valence-electron chi connectivity index (χ3n) is 3.35. The molecule has 5 nitrogen and oxygen atoms in total. The number of aromatic nitrogens is 3. The molecule has 98 valence electrons. The van der Waals surface area contributed by atoms with Crippen LogP contribution in [0.25, 0.3) is 5.65 Å². The van der Waals surface area contributed by atoms with Crippen LogP contribution in [0.3, 0.4) is 0 Å². The van der Waals surface area contributed by atoms with Crippen LogP contribution in [-0.4, -0.2) is 31.9 Å². The number of aliphatic hydroxyl groups is 1. The topological polar surface area (TPSA) is 62.5 Å². The average molecular weight is 313 g/mol. The maximum Gasteiger partial charge on any atom is 0.243 e. The smallest absolute Gasteiger partial charge is 0.243 e. The quantitative estimate of drug-likeness (QED) is 0.890. The lowest BCUT2D eigenvalue weighted by Gasteiger charge is -2.29. The summed E-state index contributed by atoms with van der Waals surface area (Å²) in [5, 5.41) is 17.1. The molecule has 0 aliphatic rings. The molecule has 2 N–H and O–H groups in total. The van der Waals surface area contributed by atoms with Gasteiger partial charge in [-0.25, -0.2) is 4.52 Å². The number of nitrogens with zero attached hydrogens (tertiary/aromatic N) is 3. The van der Waals surface area contributed by atoms with E-state index in [9.17, 15) is 5.11 Å². The van der Waals surface area contributed by atoms with E-state index in [0.29, 0.717) is 5.95 Å². The molecule has 6 heteroatoms. The van der Waals surface area contributed by atoms with Gasteiger partial charge in [0.15, 0.2) is 5.65 Å². The predicted molar refractivity (Wildman–Crippen MR) is 74.7 cm³/mol.